The predicted molar refractivity (Wildman–Crippen MR) is 94.5 cm³/mol. The molecule has 0 spiro atoms. The number of carbonyl (C=O) groups excluding carboxylic acids is 1. The molecule has 2 N–H and O–H groups in total. The van der Waals surface area contributed by atoms with Crippen LogP contribution in [0.2, 0.25) is 0 Å². The summed E-state index contributed by atoms with van der Waals surface area (Å²) in [5, 5.41) is 7.13. The number of aryl methyl sites for hydroxylation is 1. The summed E-state index contributed by atoms with van der Waals surface area (Å²) in [6, 6.07) is 1.61. The first-order chi connectivity index (χ1) is 11.6. The molecule has 3 heterocycles. The summed E-state index contributed by atoms with van der Waals surface area (Å²) in [6.07, 6.45) is 3.29. The van der Waals surface area contributed by atoms with Gasteiger partial charge in [-0.3, -0.25) is 5.32 Å². The van der Waals surface area contributed by atoms with Gasteiger partial charge in [0.25, 0.3) is 0 Å². The minimum absolute atomic E-state index is 0.203. The third-order valence-corrected chi connectivity index (χ3v) is 4.64. The maximum Gasteiger partial charge on any atom is 0.323 e. The van der Waals surface area contributed by atoms with E-state index in [1.165, 1.54) is 6.33 Å². The second kappa shape index (κ2) is 7.54. The van der Waals surface area contributed by atoms with E-state index in [0.717, 1.165) is 41.9 Å². The standard InChI is InChI=1S/C15H21N7OS/c1-11-17-8-12(24-11)9-21(2)15(23)20-13-7-14(19-10-18-13)22-5-3-16-4-6-22/h7-8,10,16H,3-6,9H2,1-2H3,(H,18,19,20,23). The van der Waals surface area contributed by atoms with Gasteiger partial charge in [0.1, 0.15) is 18.0 Å². The predicted octanol–water partition coefficient (Wildman–Crippen LogP) is 1.32. The van der Waals surface area contributed by atoms with Crippen LogP contribution in [0.3, 0.4) is 0 Å². The zero-order valence-corrected chi connectivity index (χ0v) is 14.6. The van der Waals surface area contributed by atoms with Crippen LogP contribution in [-0.2, 0) is 6.54 Å². The van der Waals surface area contributed by atoms with Gasteiger partial charge >= 0.3 is 6.03 Å². The minimum atomic E-state index is -0.203. The van der Waals surface area contributed by atoms with E-state index in [1.807, 2.05) is 13.0 Å². The first-order valence-electron chi connectivity index (χ1n) is 7.83. The number of rotatable bonds is 4. The summed E-state index contributed by atoms with van der Waals surface area (Å²) in [7, 11) is 1.75. The fraction of sp³-hybridized carbons (Fsp3) is 0.467. The average molecular weight is 347 g/mol. The second-order valence-electron chi connectivity index (χ2n) is 5.63. The highest BCUT2D eigenvalue weighted by Crippen LogP contribution is 2.16. The number of carbonyl (C=O) groups is 1. The highest BCUT2D eigenvalue weighted by molar-refractivity contribution is 7.11. The van der Waals surface area contributed by atoms with Crippen molar-refractivity contribution in [2.45, 2.75) is 13.5 Å². The Morgan fingerprint density at radius 3 is 2.88 bits per heavy atom. The van der Waals surface area contributed by atoms with Gasteiger partial charge in [0.15, 0.2) is 0 Å². The normalized spacial score (nSPS) is 14.5. The molecule has 9 heteroatoms. The van der Waals surface area contributed by atoms with E-state index in [2.05, 4.69) is 30.5 Å². The summed E-state index contributed by atoms with van der Waals surface area (Å²) in [4.78, 5) is 29.8. The molecule has 1 saturated heterocycles. The van der Waals surface area contributed by atoms with Crippen LogP contribution in [0.15, 0.2) is 18.6 Å². The Kier molecular flexibility index (Phi) is 5.21. The highest BCUT2D eigenvalue weighted by atomic mass is 32.1. The Hall–Kier alpha value is -2.26. The third-order valence-electron chi connectivity index (χ3n) is 3.74. The fourth-order valence-corrected chi connectivity index (χ4v) is 3.32. The van der Waals surface area contributed by atoms with Gasteiger partial charge in [0, 0.05) is 50.4 Å². The number of anilines is 2. The first-order valence-corrected chi connectivity index (χ1v) is 8.64. The van der Waals surface area contributed by atoms with Gasteiger partial charge in [-0.2, -0.15) is 0 Å². The van der Waals surface area contributed by atoms with E-state index in [1.54, 1.807) is 29.5 Å². The number of aromatic nitrogens is 3. The number of thiazole rings is 1. The van der Waals surface area contributed by atoms with Gasteiger partial charge < -0.3 is 15.1 Å². The number of piperazine rings is 1. The molecule has 0 aromatic carbocycles. The van der Waals surface area contributed by atoms with Gasteiger partial charge in [-0.25, -0.2) is 19.7 Å². The molecule has 24 heavy (non-hydrogen) atoms. The quantitative estimate of drug-likeness (QED) is 0.867. The molecule has 8 nitrogen and oxygen atoms in total. The second-order valence-corrected chi connectivity index (χ2v) is 6.95. The molecule has 1 fully saturated rings. The third kappa shape index (κ3) is 4.18. The van der Waals surface area contributed by atoms with Crippen molar-refractivity contribution < 1.29 is 4.79 Å². The van der Waals surface area contributed by atoms with Crippen molar-refractivity contribution in [3.05, 3.63) is 28.5 Å². The van der Waals surface area contributed by atoms with E-state index in [4.69, 9.17) is 0 Å². The summed E-state index contributed by atoms with van der Waals surface area (Å²) in [6.45, 7) is 6.13. The first kappa shape index (κ1) is 16.6. The van der Waals surface area contributed by atoms with Crippen molar-refractivity contribution in [3.63, 3.8) is 0 Å². The lowest BCUT2D eigenvalue weighted by Crippen LogP contribution is -2.44. The monoisotopic (exact) mass is 347 g/mol. The summed E-state index contributed by atoms with van der Waals surface area (Å²) < 4.78 is 0. The van der Waals surface area contributed by atoms with Crippen molar-refractivity contribution in [2.75, 3.05) is 43.4 Å². The van der Waals surface area contributed by atoms with Crippen molar-refractivity contribution in [2.24, 2.45) is 0 Å². The SMILES string of the molecule is Cc1ncc(CN(C)C(=O)Nc2cc(N3CCNCC3)ncn2)s1. The minimum Gasteiger partial charge on any atom is -0.354 e. The molecule has 1 aliphatic heterocycles. The molecule has 128 valence electrons. The summed E-state index contributed by atoms with van der Waals surface area (Å²) in [5.74, 6) is 1.35. The van der Waals surface area contributed by atoms with Gasteiger partial charge in [-0.1, -0.05) is 0 Å². The van der Waals surface area contributed by atoms with Gasteiger partial charge in [0.2, 0.25) is 0 Å². The smallest absolute Gasteiger partial charge is 0.323 e. The molecule has 0 radical (unpaired) electrons. The van der Waals surface area contributed by atoms with Gasteiger partial charge in [0.05, 0.1) is 11.6 Å². The van der Waals surface area contributed by atoms with E-state index in [0.29, 0.717) is 12.4 Å². The molecule has 0 bridgehead atoms. The number of amides is 2. The lowest BCUT2D eigenvalue weighted by Gasteiger charge is -2.28. The molecule has 1 aliphatic rings. The molecule has 0 unspecified atom stereocenters. The number of urea groups is 1. The van der Waals surface area contributed by atoms with Crippen LogP contribution in [0.25, 0.3) is 0 Å². The summed E-state index contributed by atoms with van der Waals surface area (Å²) >= 11 is 1.59. The molecule has 0 aliphatic carbocycles. The zero-order chi connectivity index (χ0) is 16.9. The topological polar surface area (TPSA) is 86.3 Å². The van der Waals surface area contributed by atoms with Crippen LogP contribution < -0.4 is 15.5 Å². The Morgan fingerprint density at radius 1 is 1.38 bits per heavy atom. The van der Waals surface area contributed by atoms with Crippen molar-refractivity contribution in [1.29, 1.82) is 0 Å². The molecular weight excluding hydrogens is 326 g/mol. The van der Waals surface area contributed by atoms with E-state index in [9.17, 15) is 4.79 Å². The van der Waals surface area contributed by atoms with Crippen LogP contribution in [-0.4, -0.2) is 59.1 Å². The van der Waals surface area contributed by atoms with E-state index < -0.39 is 0 Å². The molecule has 2 amide bonds. The molecular formula is C15H21N7OS. The molecule has 2 aromatic heterocycles. The Labute approximate surface area is 144 Å². The van der Waals surface area contributed by atoms with Crippen molar-refractivity contribution in [3.8, 4) is 0 Å². The fourth-order valence-electron chi connectivity index (χ4n) is 2.47. The molecule has 0 atom stereocenters. The summed E-state index contributed by atoms with van der Waals surface area (Å²) in [5.41, 5.74) is 0. The molecule has 0 saturated carbocycles. The van der Waals surface area contributed by atoms with Crippen molar-refractivity contribution in [1.82, 2.24) is 25.2 Å². The lowest BCUT2D eigenvalue weighted by molar-refractivity contribution is 0.221. The van der Waals surface area contributed by atoms with Crippen LogP contribution in [0.4, 0.5) is 16.4 Å². The average Bonchev–Trinajstić information content (AvgIpc) is 3.00. The number of nitrogens with one attached hydrogen (secondary N) is 2. The van der Waals surface area contributed by atoms with Crippen LogP contribution >= 0.6 is 11.3 Å². The van der Waals surface area contributed by atoms with Crippen LogP contribution in [0.5, 0.6) is 0 Å². The van der Waals surface area contributed by atoms with Crippen molar-refractivity contribution >= 4 is 29.0 Å². The Morgan fingerprint density at radius 2 is 2.17 bits per heavy atom. The molecule has 3 rings (SSSR count). The zero-order valence-electron chi connectivity index (χ0n) is 13.8. The molecule has 2 aromatic rings. The van der Waals surface area contributed by atoms with Crippen LogP contribution in [0.1, 0.15) is 9.88 Å². The number of hydrogen-bond acceptors (Lipinski definition) is 7. The highest BCUT2D eigenvalue weighted by Gasteiger charge is 2.15. The van der Waals surface area contributed by atoms with Gasteiger partial charge in [-0.05, 0) is 6.92 Å². The van der Waals surface area contributed by atoms with E-state index in [-0.39, 0.29) is 6.03 Å². The number of hydrogen-bond donors (Lipinski definition) is 2. The lowest BCUT2D eigenvalue weighted by atomic mass is 10.3. The van der Waals surface area contributed by atoms with Crippen LogP contribution in [0, 0.1) is 6.92 Å². The Bertz CT molecular complexity index is 699. The maximum absolute atomic E-state index is 12.3. The Balaban J connectivity index is 1.61. The van der Waals surface area contributed by atoms with E-state index >= 15 is 0 Å². The van der Waals surface area contributed by atoms with Gasteiger partial charge in [-0.15, -0.1) is 11.3 Å². The maximum atomic E-state index is 12.3. The largest absolute Gasteiger partial charge is 0.354 e. The number of nitrogens with zero attached hydrogens (tertiary/aromatic N) is 5.